The Morgan fingerprint density at radius 3 is 2.06 bits per heavy atom. The Morgan fingerprint density at radius 1 is 0.829 bits per heavy atom. The van der Waals surface area contributed by atoms with E-state index in [-0.39, 0.29) is 11.3 Å². The Kier molecular flexibility index (Phi) is 4.42. The minimum atomic E-state index is -1.96. The van der Waals surface area contributed by atoms with Gasteiger partial charge in [-0.2, -0.15) is 0 Å². The fraction of sp³-hybridized carbons (Fsp3) is 0.160. The van der Waals surface area contributed by atoms with Crippen LogP contribution >= 0.6 is 11.6 Å². The smallest absolute Gasteiger partial charge is 0.346 e. The average molecular weight is 491 g/mol. The minimum absolute atomic E-state index is 0.188. The van der Waals surface area contributed by atoms with Gasteiger partial charge in [-0.1, -0.05) is 41.9 Å². The zero-order valence-electron chi connectivity index (χ0n) is 17.8. The van der Waals surface area contributed by atoms with Crippen LogP contribution in [0.1, 0.15) is 11.1 Å². The molecule has 9 nitrogen and oxygen atoms in total. The second-order valence-corrected chi connectivity index (χ2v) is 8.94. The van der Waals surface area contributed by atoms with Crippen LogP contribution in [0, 0.1) is 22.0 Å². The monoisotopic (exact) mass is 490 g/mol. The molecule has 0 spiro atoms. The molecule has 174 valence electrons. The highest BCUT2D eigenvalue weighted by Gasteiger charge is 2.82. The van der Waals surface area contributed by atoms with Crippen LogP contribution in [0.2, 0.25) is 5.02 Å². The lowest BCUT2D eigenvalue weighted by atomic mass is 9.73. The number of amides is 2. The van der Waals surface area contributed by atoms with Gasteiger partial charge in [-0.15, -0.1) is 0 Å². The topological polar surface area (TPSA) is 116 Å². The van der Waals surface area contributed by atoms with Crippen LogP contribution < -0.4 is 4.90 Å². The molecule has 3 aromatic rings. The Bertz CT molecular complexity index is 1410. The van der Waals surface area contributed by atoms with Gasteiger partial charge in [-0.05, 0) is 42.0 Å². The number of hydrogen-bond acceptors (Lipinski definition) is 7. The molecule has 2 unspecified atom stereocenters. The number of nitro benzene ring substituents is 1. The van der Waals surface area contributed by atoms with Gasteiger partial charge in [0.1, 0.15) is 11.8 Å². The highest BCUT2D eigenvalue weighted by Crippen LogP contribution is 2.66. The molecule has 2 amide bonds. The molecule has 0 radical (unpaired) electrons. The third-order valence-corrected chi connectivity index (χ3v) is 7.03. The Balaban J connectivity index is 1.57. The summed E-state index contributed by atoms with van der Waals surface area (Å²) >= 11 is 6.04. The number of ether oxygens (including phenoxy) is 2. The van der Waals surface area contributed by atoms with E-state index in [9.17, 15) is 24.5 Å². The number of para-hydroxylation sites is 1. The van der Waals surface area contributed by atoms with Crippen LogP contribution in [0.3, 0.4) is 0 Å². The number of anilines is 1. The van der Waals surface area contributed by atoms with Crippen molar-refractivity contribution in [1.82, 2.24) is 0 Å². The summed E-state index contributed by atoms with van der Waals surface area (Å²) in [6.45, 7) is 0. The molecule has 3 aromatic carbocycles. The summed E-state index contributed by atoms with van der Waals surface area (Å²) < 4.78 is 12.1. The fourth-order valence-corrected chi connectivity index (χ4v) is 5.42. The van der Waals surface area contributed by atoms with E-state index in [2.05, 4.69) is 0 Å². The van der Waals surface area contributed by atoms with Crippen molar-refractivity contribution >= 4 is 40.8 Å². The molecule has 3 saturated heterocycles. The number of fused-ring (bicyclic) bond motifs is 5. The lowest BCUT2D eigenvalue weighted by Gasteiger charge is -2.31. The minimum Gasteiger partial charge on any atom is -0.425 e. The van der Waals surface area contributed by atoms with E-state index in [1.807, 2.05) is 0 Å². The van der Waals surface area contributed by atoms with Gasteiger partial charge in [0, 0.05) is 22.7 Å². The summed E-state index contributed by atoms with van der Waals surface area (Å²) in [5, 5.41) is 11.6. The number of non-ortho nitro benzene ring substituents is 1. The molecule has 4 atom stereocenters. The average Bonchev–Trinajstić information content (AvgIpc) is 3.44. The number of rotatable bonds is 4. The number of benzene rings is 3. The predicted molar refractivity (Wildman–Crippen MR) is 121 cm³/mol. The van der Waals surface area contributed by atoms with Crippen LogP contribution in [-0.4, -0.2) is 22.7 Å². The largest absolute Gasteiger partial charge is 0.425 e. The molecule has 10 heteroatoms. The maximum atomic E-state index is 13.8. The molecule has 6 rings (SSSR count). The number of carbonyl (C=O) groups excluding carboxylic acids is 3. The van der Waals surface area contributed by atoms with E-state index >= 15 is 0 Å². The standard InChI is InChI=1S/C25H15ClN2O7/c26-16-10-6-15(7-11-16)25-20-19(21(29)27(22(20)30)17-4-2-1-3-5-17)24(35-25,23(31)34-25)14-8-12-18(13-9-14)28(32)33/h1-13,19-20H/t19?,20?,24-,25+/m0/s1. The van der Waals surface area contributed by atoms with Crippen molar-refractivity contribution in [2.24, 2.45) is 11.8 Å². The van der Waals surface area contributed by atoms with E-state index in [1.165, 1.54) is 24.3 Å². The molecule has 3 aliphatic rings. The zero-order valence-corrected chi connectivity index (χ0v) is 18.5. The van der Waals surface area contributed by atoms with Crippen LogP contribution in [0.15, 0.2) is 78.9 Å². The normalized spacial score (nSPS) is 28.8. The quantitative estimate of drug-likeness (QED) is 0.237. The van der Waals surface area contributed by atoms with Gasteiger partial charge < -0.3 is 9.47 Å². The second kappa shape index (κ2) is 7.21. The van der Waals surface area contributed by atoms with Gasteiger partial charge in [-0.3, -0.25) is 19.7 Å². The summed E-state index contributed by atoms with van der Waals surface area (Å²) in [5.41, 5.74) is -1.27. The highest BCUT2D eigenvalue weighted by molar-refractivity contribution is 6.30. The predicted octanol–water partition coefficient (Wildman–Crippen LogP) is 3.69. The van der Waals surface area contributed by atoms with Crippen molar-refractivity contribution in [3.63, 3.8) is 0 Å². The van der Waals surface area contributed by atoms with E-state index in [4.69, 9.17) is 21.1 Å². The lowest BCUT2D eigenvalue weighted by Crippen LogP contribution is -2.47. The third kappa shape index (κ3) is 2.70. The van der Waals surface area contributed by atoms with Crippen molar-refractivity contribution in [2.45, 2.75) is 11.4 Å². The molecule has 3 heterocycles. The van der Waals surface area contributed by atoms with Crippen molar-refractivity contribution in [3.05, 3.63) is 105 Å². The number of carbonyl (C=O) groups is 3. The van der Waals surface area contributed by atoms with Gasteiger partial charge in [0.2, 0.25) is 17.4 Å². The maximum absolute atomic E-state index is 13.8. The van der Waals surface area contributed by atoms with Crippen LogP contribution in [0.4, 0.5) is 11.4 Å². The number of nitrogens with zero attached hydrogens (tertiary/aromatic N) is 2. The summed E-state index contributed by atoms with van der Waals surface area (Å²) in [6, 6.07) is 19.8. The van der Waals surface area contributed by atoms with Gasteiger partial charge in [0.05, 0.1) is 10.6 Å². The molecule has 0 aliphatic carbocycles. The first-order chi connectivity index (χ1) is 16.8. The summed E-state index contributed by atoms with van der Waals surface area (Å²) in [6.07, 6.45) is 0. The first-order valence-corrected chi connectivity index (χ1v) is 11.0. The number of imide groups is 1. The maximum Gasteiger partial charge on any atom is 0.346 e. The highest BCUT2D eigenvalue weighted by atomic mass is 35.5. The SMILES string of the molecule is O=C1C2C(C(=O)N1c1ccccc1)[C@]1(c3ccc([N+](=O)[O-])cc3)O[C@@]2(c2ccc(Cl)cc2)OC1=O. The van der Waals surface area contributed by atoms with Gasteiger partial charge in [0.15, 0.2) is 0 Å². The summed E-state index contributed by atoms with van der Waals surface area (Å²) in [4.78, 5) is 52.7. The molecule has 0 saturated carbocycles. The molecular weight excluding hydrogens is 476 g/mol. The van der Waals surface area contributed by atoms with Crippen molar-refractivity contribution in [2.75, 3.05) is 4.90 Å². The molecular formula is C25H15ClN2O7. The summed E-state index contributed by atoms with van der Waals surface area (Å²) in [7, 11) is 0. The van der Waals surface area contributed by atoms with E-state index < -0.39 is 45.9 Å². The molecule has 0 N–H and O–H groups in total. The van der Waals surface area contributed by atoms with Crippen molar-refractivity contribution < 1.29 is 28.8 Å². The van der Waals surface area contributed by atoms with Gasteiger partial charge in [-0.25, -0.2) is 9.69 Å². The van der Waals surface area contributed by atoms with Gasteiger partial charge in [0.25, 0.3) is 11.5 Å². The zero-order chi connectivity index (χ0) is 24.5. The molecule has 3 aliphatic heterocycles. The van der Waals surface area contributed by atoms with Crippen LogP contribution in [-0.2, 0) is 35.2 Å². The van der Waals surface area contributed by atoms with E-state index in [1.54, 1.807) is 54.6 Å². The lowest BCUT2D eigenvalue weighted by molar-refractivity contribution is -0.384. The Morgan fingerprint density at radius 2 is 1.43 bits per heavy atom. The summed E-state index contributed by atoms with van der Waals surface area (Å²) in [5.74, 6) is -6.32. The van der Waals surface area contributed by atoms with E-state index in [0.717, 1.165) is 4.90 Å². The number of nitro groups is 1. The van der Waals surface area contributed by atoms with Crippen LogP contribution in [0.25, 0.3) is 0 Å². The third-order valence-electron chi connectivity index (χ3n) is 6.78. The first kappa shape index (κ1) is 21.5. The first-order valence-electron chi connectivity index (χ1n) is 10.7. The second-order valence-electron chi connectivity index (χ2n) is 8.51. The van der Waals surface area contributed by atoms with Crippen molar-refractivity contribution in [1.29, 1.82) is 0 Å². The fourth-order valence-electron chi connectivity index (χ4n) is 5.29. The molecule has 3 fully saturated rings. The number of halogens is 1. The van der Waals surface area contributed by atoms with Crippen molar-refractivity contribution in [3.8, 4) is 0 Å². The van der Waals surface area contributed by atoms with E-state index in [0.29, 0.717) is 16.3 Å². The Hall–Kier alpha value is -4.08. The molecule has 0 aromatic heterocycles. The van der Waals surface area contributed by atoms with Gasteiger partial charge >= 0.3 is 5.97 Å². The molecule has 35 heavy (non-hydrogen) atoms. The number of hydrogen-bond donors (Lipinski definition) is 0. The number of esters is 1. The molecule has 2 bridgehead atoms. The Labute approximate surface area is 203 Å². The van der Waals surface area contributed by atoms with Crippen LogP contribution in [0.5, 0.6) is 0 Å².